The number of methoxy groups -OCH3 is 1. The van der Waals surface area contributed by atoms with Gasteiger partial charge in [0.1, 0.15) is 6.07 Å². The van der Waals surface area contributed by atoms with Gasteiger partial charge in [-0.2, -0.15) is 5.26 Å². The molecule has 0 aliphatic carbocycles. The summed E-state index contributed by atoms with van der Waals surface area (Å²) in [6, 6.07) is 8.69. The summed E-state index contributed by atoms with van der Waals surface area (Å²) in [5, 5.41) is 12.5. The Morgan fingerprint density at radius 3 is 2.74 bits per heavy atom. The topological polar surface area (TPSA) is 48.3 Å². The average Bonchev–Trinajstić information content (AvgIpc) is 2.42. The van der Waals surface area contributed by atoms with Gasteiger partial charge in [0.2, 0.25) is 0 Å². The molecule has 0 fully saturated rings. The number of nitriles is 1. The molecule has 0 amide bonds. The van der Waals surface area contributed by atoms with E-state index in [1.807, 2.05) is 19.2 Å². The molecule has 0 aliphatic heterocycles. The maximum Gasteiger partial charge on any atom is 0.101 e. The van der Waals surface area contributed by atoms with Crippen LogP contribution in [0, 0.1) is 11.3 Å². The number of ether oxygens (including phenoxy) is 1. The Kier molecular flexibility index (Phi) is 6.34. The minimum absolute atomic E-state index is 0.373. The molecule has 0 bridgehead atoms. The fraction of sp³-hybridized carbons (Fsp3) is 0.533. The summed E-state index contributed by atoms with van der Waals surface area (Å²) in [6.45, 7) is 6.48. The van der Waals surface area contributed by atoms with Crippen molar-refractivity contribution in [3.05, 3.63) is 29.3 Å². The largest absolute Gasteiger partial charge is 0.383 e. The van der Waals surface area contributed by atoms with E-state index in [2.05, 4.69) is 36.2 Å². The molecule has 0 radical (unpaired) electrons. The first kappa shape index (κ1) is 15.5. The molecular formula is C15H23N3O. The van der Waals surface area contributed by atoms with Crippen LogP contribution in [0.2, 0.25) is 0 Å². The van der Waals surface area contributed by atoms with Crippen molar-refractivity contribution in [3.8, 4) is 6.07 Å². The maximum atomic E-state index is 9.27. The molecule has 0 saturated carbocycles. The van der Waals surface area contributed by atoms with Crippen molar-refractivity contribution < 1.29 is 4.74 Å². The molecule has 0 spiro atoms. The summed E-state index contributed by atoms with van der Waals surface area (Å²) in [5.74, 6) is 0. The normalized spacial score (nSPS) is 10.5. The van der Waals surface area contributed by atoms with Crippen molar-refractivity contribution in [2.75, 3.05) is 32.2 Å². The van der Waals surface area contributed by atoms with E-state index in [9.17, 15) is 5.26 Å². The van der Waals surface area contributed by atoms with E-state index in [0.29, 0.717) is 12.6 Å². The summed E-state index contributed by atoms with van der Waals surface area (Å²) in [7, 11) is 3.70. The lowest BCUT2D eigenvalue weighted by Crippen LogP contribution is -2.26. The van der Waals surface area contributed by atoms with Gasteiger partial charge < -0.3 is 15.0 Å². The highest BCUT2D eigenvalue weighted by molar-refractivity contribution is 5.60. The zero-order chi connectivity index (χ0) is 14.3. The van der Waals surface area contributed by atoms with Crippen LogP contribution in [0.25, 0.3) is 0 Å². The average molecular weight is 261 g/mol. The lowest BCUT2D eigenvalue weighted by atomic mass is 10.1. The predicted molar refractivity (Wildman–Crippen MR) is 78.3 cm³/mol. The number of nitrogens with zero attached hydrogens (tertiary/aromatic N) is 2. The molecule has 1 N–H and O–H groups in total. The Labute approximate surface area is 116 Å². The molecular weight excluding hydrogens is 238 g/mol. The van der Waals surface area contributed by atoms with E-state index in [1.165, 1.54) is 0 Å². The minimum Gasteiger partial charge on any atom is -0.383 e. The standard InChI is InChI=1S/C15H23N3O/c1-12(2)18(3)15-6-5-13(9-14(15)10-16)11-17-7-8-19-4/h5-6,9,12,17H,7-8,11H2,1-4H3. The van der Waals surface area contributed by atoms with Gasteiger partial charge in [-0.15, -0.1) is 0 Å². The van der Waals surface area contributed by atoms with Crippen LogP contribution in [-0.2, 0) is 11.3 Å². The van der Waals surface area contributed by atoms with E-state index < -0.39 is 0 Å². The van der Waals surface area contributed by atoms with Gasteiger partial charge in [0.15, 0.2) is 0 Å². The predicted octanol–water partition coefficient (Wildman–Crippen LogP) is 2.14. The second-order valence-corrected chi connectivity index (χ2v) is 4.84. The molecule has 0 aliphatic rings. The lowest BCUT2D eigenvalue weighted by molar-refractivity contribution is 0.199. The van der Waals surface area contributed by atoms with Crippen LogP contribution < -0.4 is 10.2 Å². The van der Waals surface area contributed by atoms with E-state index in [1.54, 1.807) is 7.11 Å². The first-order valence-electron chi connectivity index (χ1n) is 6.55. The lowest BCUT2D eigenvalue weighted by Gasteiger charge is -2.25. The number of benzene rings is 1. The van der Waals surface area contributed by atoms with Crippen LogP contribution in [0.1, 0.15) is 25.0 Å². The Hall–Kier alpha value is -1.57. The number of hydrogen-bond acceptors (Lipinski definition) is 4. The van der Waals surface area contributed by atoms with Gasteiger partial charge in [0.25, 0.3) is 0 Å². The Balaban J connectivity index is 2.76. The number of anilines is 1. The van der Waals surface area contributed by atoms with Gasteiger partial charge >= 0.3 is 0 Å². The molecule has 4 nitrogen and oxygen atoms in total. The molecule has 0 unspecified atom stereocenters. The minimum atomic E-state index is 0.373. The van der Waals surface area contributed by atoms with Crippen LogP contribution >= 0.6 is 0 Å². The van der Waals surface area contributed by atoms with Crippen LogP contribution in [0.4, 0.5) is 5.69 Å². The van der Waals surface area contributed by atoms with E-state index in [4.69, 9.17) is 4.74 Å². The number of nitrogens with one attached hydrogen (secondary N) is 1. The number of rotatable bonds is 7. The van der Waals surface area contributed by atoms with Crippen molar-refractivity contribution in [3.63, 3.8) is 0 Å². The summed E-state index contributed by atoms with van der Waals surface area (Å²) in [6.07, 6.45) is 0. The molecule has 0 aromatic heterocycles. The summed E-state index contributed by atoms with van der Waals surface area (Å²) >= 11 is 0. The monoisotopic (exact) mass is 261 g/mol. The Morgan fingerprint density at radius 1 is 1.42 bits per heavy atom. The quantitative estimate of drug-likeness (QED) is 0.764. The van der Waals surface area contributed by atoms with E-state index >= 15 is 0 Å². The molecule has 1 aromatic carbocycles. The van der Waals surface area contributed by atoms with Gasteiger partial charge in [0, 0.05) is 33.3 Å². The number of hydrogen-bond donors (Lipinski definition) is 1. The highest BCUT2D eigenvalue weighted by Crippen LogP contribution is 2.22. The van der Waals surface area contributed by atoms with Gasteiger partial charge in [-0.25, -0.2) is 0 Å². The third-order valence-electron chi connectivity index (χ3n) is 3.15. The van der Waals surface area contributed by atoms with E-state index in [-0.39, 0.29) is 0 Å². The second-order valence-electron chi connectivity index (χ2n) is 4.84. The molecule has 1 rings (SSSR count). The molecule has 4 heteroatoms. The van der Waals surface area contributed by atoms with Crippen molar-refractivity contribution in [1.82, 2.24) is 5.32 Å². The van der Waals surface area contributed by atoms with Crippen LogP contribution in [0.5, 0.6) is 0 Å². The van der Waals surface area contributed by atoms with Crippen molar-refractivity contribution in [2.24, 2.45) is 0 Å². The van der Waals surface area contributed by atoms with Gasteiger partial charge in [-0.1, -0.05) is 6.07 Å². The van der Waals surface area contributed by atoms with Crippen LogP contribution in [0.3, 0.4) is 0 Å². The van der Waals surface area contributed by atoms with Crippen molar-refractivity contribution in [2.45, 2.75) is 26.4 Å². The first-order valence-corrected chi connectivity index (χ1v) is 6.55. The zero-order valence-electron chi connectivity index (χ0n) is 12.2. The van der Waals surface area contributed by atoms with E-state index in [0.717, 1.165) is 29.9 Å². The molecule has 0 atom stereocenters. The highest BCUT2D eigenvalue weighted by Gasteiger charge is 2.10. The molecule has 19 heavy (non-hydrogen) atoms. The highest BCUT2D eigenvalue weighted by atomic mass is 16.5. The van der Waals surface area contributed by atoms with Crippen molar-refractivity contribution >= 4 is 5.69 Å². The maximum absolute atomic E-state index is 9.27. The Morgan fingerprint density at radius 2 is 2.16 bits per heavy atom. The summed E-state index contributed by atoms with van der Waals surface area (Å²) < 4.78 is 4.98. The Bertz CT molecular complexity index is 438. The van der Waals surface area contributed by atoms with Gasteiger partial charge in [-0.05, 0) is 31.5 Å². The first-order chi connectivity index (χ1) is 9.10. The van der Waals surface area contributed by atoms with Gasteiger partial charge in [-0.3, -0.25) is 0 Å². The summed E-state index contributed by atoms with van der Waals surface area (Å²) in [4.78, 5) is 2.11. The summed E-state index contributed by atoms with van der Waals surface area (Å²) in [5.41, 5.74) is 2.83. The van der Waals surface area contributed by atoms with Crippen molar-refractivity contribution in [1.29, 1.82) is 5.26 Å². The molecule has 1 aromatic rings. The SMILES string of the molecule is COCCNCc1ccc(N(C)C(C)C)c(C#N)c1. The third-order valence-corrected chi connectivity index (χ3v) is 3.15. The molecule has 0 saturated heterocycles. The smallest absolute Gasteiger partial charge is 0.101 e. The zero-order valence-corrected chi connectivity index (χ0v) is 12.2. The third kappa shape index (κ3) is 4.55. The fourth-order valence-electron chi connectivity index (χ4n) is 1.78. The van der Waals surface area contributed by atoms with Gasteiger partial charge in [0.05, 0.1) is 17.9 Å². The second kappa shape index (κ2) is 7.78. The molecule has 104 valence electrons. The molecule has 0 heterocycles. The van der Waals surface area contributed by atoms with Crippen LogP contribution in [-0.4, -0.2) is 33.4 Å². The fourth-order valence-corrected chi connectivity index (χ4v) is 1.78. The van der Waals surface area contributed by atoms with Crippen LogP contribution in [0.15, 0.2) is 18.2 Å².